The monoisotopic (exact) mass is 453 g/mol. The van der Waals surface area contributed by atoms with Crippen molar-refractivity contribution in [2.24, 2.45) is 0 Å². The molecule has 7 nitrogen and oxygen atoms in total. The van der Waals surface area contributed by atoms with Crippen LogP contribution < -0.4 is 9.47 Å². The third-order valence-corrected chi connectivity index (χ3v) is 6.99. The number of hydrogen-bond donors (Lipinski definition) is 0. The molecule has 2 fully saturated rings. The number of carbonyl (C=O) groups excluding carboxylic acids is 2. The van der Waals surface area contributed by atoms with E-state index >= 15 is 0 Å². The average molecular weight is 454 g/mol. The zero-order valence-corrected chi connectivity index (χ0v) is 20.0. The normalized spacial score (nSPS) is 17.4. The Kier molecular flexibility index (Phi) is 7.38. The summed E-state index contributed by atoms with van der Waals surface area (Å²) in [7, 11) is 1.58. The molecule has 1 saturated heterocycles. The van der Waals surface area contributed by atoms with Crippen LogP contribution in [-0.4, -0.2) is 72.5 Å². The van der Waals surface area contributed by atoms with Gasteiger partial charge in [0.15, 0.2) is 23.9 Å². The molecule has 1 aliphatic carbocycles. The first kappa shape index (κ1) is 23.4. The summed E-state index contributed by atoms with van der Waals surface area (Å²) < 4.78 is 13.3. The molecule has 1 aromatic heterocycles. The van der Waals surface area contributed by atoms with E-state index in [2.05, 4.69) is 29.4 Å². The lowest BCUT2D eigenvalue weighted by molar-refractivity contribution is -0.135. The highest BCUT2D eigenvalue weighted by atomic mass is 16.5. The summed E-state index contributed by atoms with van der Waals surface area (Å²) in [6, 6.07) is 9.91. The van der Waals surface area contributed by atoms with E-state index in [0.717, 1.165) is 11.3 Å². The number of Topliss-reactive ketones (excluding diaryl/α,β-unsaturated/α-hetero) is 1. The van der Waals surface area contributed by atoms with Gasteiger partial charge in [-0.2, -0.15) is 0 Å². The minimum Gasteiger partial charge on any atom is -0.493 e. The van der Waals surface area contributed by atoms with Crippen molar-refractivity contribution in [1.82, 2.24) is 14.4 Å². The van der Waals surface area contributed by atoms with Crippen LogP contribution >= 0.6 is 0 Å². The molecule has 0 unspecified atom stereocenters. The van der Waals surface area contributed by atoms with E-state index in [0.29, 0.717) is 50.3 Å². The van der Waals surface area contributed by atoms with E-state index in [1.165, 1.54) is 31.4 Å². The van der Waals surface area contributed by atoms with Crippen LogP contribution in [0.4, 0.5) is 0 Å². The van der Waals surface area contributed by atoms with Gasteiger partial charge in [0.1, 0.15) is 0 Å². The maximum Gasteiger partial charge on any atom is 0.260 e. The quantitative estimate of drug-likeness (QED) is 0.571. The van der Waals surface area contributed by atoms with Crippen LogP contribution in [0.5, 0.6) is 11.5 Å². The Morgan fingerprint density at radius 1 is 1.00 bits per heavy atom. The molecule has 1 aromatic carbocycles. The number of carbonyl (C=O) groups is 2. The number of ketones is 1. The lowest BCUT2D eigenvalue weighted by atomic mass is 10.1. The second-order valence-corrected chi connectivity index (χ2v) is 9.11. The summed E-state index contributed by atoms with van der Waals surface area (Å²) in [4.78, 5) is 29.6. The first-order valence-electron chi connectivity index (χ1n) is 12.0. The van der Waals surface area contributed by atoms with Crippen molar-refractivity contribution >= 4 is 11.7 Å². The minimum atomic E-state index is -0.0491. The van der Waals surface area contributed by atoms with Gasteiger partial charge in [-0.05, 0) is 44.9 Å². The fourth-order valence-corrected chi connectivity index (χ4v) is 5.20. The van der Waals surface area contributed by atoms with Gasteiger partial charge >= 0.3 is 0 Å². The predicted molar refractivity (Wildman–Crippen MR) is 127 cm³/mol. The van der Waals surface area contributed by atoms with Gasteiger partial charge in [0.25, 0.3) is 5.91 Å². The third-order valence-electron chi connectivity index (χ3n) is 6.99. The average Bonchev–Trinajstić information content (AvgIpc) is 3.45. The van der Waals surface area contributed by atoms with Crippen molar-refractivity contribution < 1.29 is 19.1 Å². The summed E-state index contributed by atoms with van der Waals surface area (Å²) in [6.45, 7) is 7.14. The van der Waals surface area contributed by atoms with Crippen molar-refractivity contribution in [3.8, 4) is 11.5 Å². The van der Waals surface area contributed by atoms with E-state index < -0.39 is 0 Å². The number of amides is 1. The SMILES string of the molecule is COc1ccccc1OCC(=O)N1CCN(CC(=O)c2cc(C)n(C3CCCC3)c2C)CC1. The topological polar surface area (TPSA) is 64.0 Å². The number of aryl methyl sites for hydroxylation is 1. The molecule has 4 rings (SSSR count). The lowest BCUT2D eigenvalue weighted by Crippen LogP contribution is -2.51. The maximum atomic E-state index is 13.1. The second-order valence-electron chi connectivity index (χ2n) is 9.11. The number of hydrogen-bond acceptors (Lipinski definition) is 5. The summed E-state index contributed by atoms with van der Waals surface area (Å²) in [5.41, 5.74) is 3.14. The highest BCUT2D eigenvalue weighted by Gasteiger charge is 2.26. The molecule has 33 heavy (non-hydrogen) atoms. The number of aromatic nitrogens is 1. The van der Waals surface area contributed by atoms with Crippen molar-refractivity contribution in [2.45, 2.75) is 45.6 Å². The van der Waals surface area contributed by atoms with Crippen LogP contribution in [0.2, 0.25) is 0 Å². The summed E-state index contributed by atoms with van der Waals surface area (Å²) in [5, 5.41) is 0. The molecule has 0 bridgehead atoms. The van der Waals surface area contributed by atoms with Crippen LogP contribution in [-0.2, 0) is 4.79 Å². The van der Waals surface area contributed by atoms with Crippen LogP contribution in [0.15, 0.2) is 30.3 Å². The van der Waals surface area contributed by atoms with E-state index in [1.807, 2.05) is 17.0 Å². The van der Waals surface area contributed by atoms with E-state index in [-0.39, 0.29) is 18.3 Å². The molecule has 2 aromatic rings. The van der Waals surface area contributed by atoms with Crippen LogP contribution in [0.3, 0.4) is 0 Å². The molecular weight excluding hydrogens is 418 g/mol. The molecular formula is C26H35N3O4. The van der Waals surface area contributed by atoms with Gasteiger partial charge in [-0.3, -0.25) is 14.5 Å². The van der Waals surface area contributed by atoms with Crippen molar-refractivity contribution in [2.75, 3.05) is 46.4 Å². The molecule has 0 radical (unpaired) electrons. The molecule has 0 spiro atoms. The van der Waals surface area contributed by atoms with Crippen LogP contribution in [0.25, 0.3) is 0 Å². The second kappa shape index (κ2) is 10.4. The minimum absolute atomic E-state index is 0.0214. The van der Waals surface area contributed by atoms with E-state index in [9.17, 15) is 9.59 Å². The number of para-hydroxylation sites is 2. The standard InChI is InChI=1S/C26H35N3O4/c1-19-16-22(20(2)29(19)21-8-4-5-9-21)23(30)17-27-12-14-28(15-13-27)26(31)18-33-25-11-7-6-10-24(25)32-3/h6-7,10-11,16,21H,4-5,8-9,12-15,17-18H2,1-3H3. The molecule has 2 aliphatic rings. The predicted octanol–water partition coefficient (Wildman–Crippen LogP) is 3.63. The van der Waals surface area contributed by atoms with Gasteiger partial charge in [-0.25, -0.2) is 0 Å². The Bertz CT molecular complexity index is 985. The highest BCUT2D eigenvalue weighted by Crippen LogP contribution is 2.33. The Morgan fingerprint density at radius 3 is 2.33 bits per heavy atom. The van der Waals surface area contributed by atoms with E-state index in [1.54, 1.807) is 19.2 Å². The molecule has 7 heteroatoms. The molecule has 1 saturated carbocycles. The molecule has 178 valence electrons. The first-order valence-corrected chi connectivity index (χ1v) is 12.0. The Hall–Kier alpha value is -2.80. The van der Waals surface area contributed by atoms with Gasteiger partial charge < -0.3 is 18.9 Å². The van der Waals surface area contributed by atoms with Crippen molar-refractivity contribution in [3.05, 3.63) is 47.3 Å². The number of piperazine rings is 1. The summed E-state index contributed by atoms with van der Waals surface area (Å²) in [6.07, 6.45) is 4.97. The zero-order valence-electron chi connectivity index (χ0n) is 20.0. The van der Waals surface area contributed by atoms with Gasteiger partial charge in [-0.15, -0.1) is 0 Å². The summed E-state index contributed by atoms with van der Waals surface area (Å²) >= 11 is 0. The summed E-state index contributed by atoms with van der Waals surface area (Å²) in [5.74, 6) is 1.30. The number of ether oxygens (including phenoxy) is 2. The Labute approximate surface area is 196 Å². The third kappa shape index (κ3) is 5.24. The molecule has 1 amide bonds. The molecule has 2 heterocycles. The fourth-order valence-electron chi connectivity index (χ4n) is 5.20. The van der Waals surface area contributed by atoms with Gasteiger partial charge in [0.05, 0.1) is 13.7 Å². The highest BCUT2D eigenvalue weighted by molar-refractivity contribution is 5.99. The first-order chi connectivity index (χ1) is 16.0. The number of benzene rings is 1. The largest absolute Gasteiger partial charge is 0.493 e. The molecule has 0 N–H and O–H groups in total. The Balaban J connectivity index is 1.27. The van der Waals surface area contributed by atoms with Gasteiger partial charge in [0.2, 0.25) is 0 Å². The van der Waals surface area contributed by atoms with E-state index in [4.69, 9.17) is 9.47 Å². The number of methoxy groups -OCH3 is 1. The van der Waals surface area contributed by atoms with Crippen LogP contribution in [0, 0.1) is 13.8 Å². The molecule has 0 atom stereocenters. The number of rotatable bonds is 8. The molecule has 1 aliphatic heterocycles. The smallest absolute Gasteiger partial charge is 0.260 e. The van der Waals surface area contributed by atoms with Gasteiger partial charge in [0, 0.05) is 49.2 Å². The lowest BCUT2D eigenvalue weighted by Gasteiger charge is -2.34. The fraction of sp³-hybridized carbons (Fsp3) is 0.538. The van der Waals surface area contributed by atoms with Crippen LogP contribution in [0.1, 0.15) is 53.5 Å². The number of nitrogens with zero attached hydrogens (tertiary/aromatic N) is 3. The Morgan fingerprint density at radius 2 is 1.67 bits per heavy atom. The van der Waals surface area contributed by atoms with Gasteiger partial charge in [-0.1, -0.05) is 25.0 Å². The van der Waals surface area contributed by atoms with Crippen molar-refractivity contribution in [1.29, 1.82) is 0 Å². The maximum absolute atomic E-state index is 13.1. The zero-order chi connectivity index (χ0) is 23.4. The van der Waals surface area contributed by atoms with Crippen molar-refractivity contribution in [3.63, 3.8) is 0 Å².